The van der Waals surface area contributed by atoms with Crippen LogP contribution in [0.25, 0.3) is 0 Å². The van der Waals surface area contributed by atoms with Crippen LogP contribution in [0.1, 0.15) is 18.4 Å². The molecule has 1 aliphatic rings. The number of hydrogen-bond donors (Lipinski definition) is 2. The van der Waals surface area contributed by atoms with Crippen LogP contribution in [0.4, 0.5) is 20.6 Å². The van der Waals surface area contributed by atoms with Crippen LogP contribution in [0.3, 0.4) is 0 Å². The van der Waals surface area contributed by atoms with Crippen molar-refractivity contribution in [3.63, 3.8) is 0 Å². The number of urea groups is 1. The molecule has 0 unspecified atom stereocenters. The third-order valence-electron chi connectivity index (χ3n) is 4.60. The van der Waals surface area contributed by atoms with Crippen molar-refractivity contribution in [3.8, 4) is 18.1 Å². The molecule has 0 radical (unpaired) electrons. The third-order valence-corrected chi connectivity index (χ3v) is 4.60. The summed E-state index contributed by atoms with van der Waals surface area (Å²) in [6.07, 6.45) is 8.00. The van der Waals surface area contributed by atoms with Gasteiger partial charge in [0, 0.05) is 25.3 Å². The molecule has 2 N–H and O–H groups in total. The van der Waals surface area contributed by atoms with Gasteiger partial charge in [-0.05, 0) is 55.2 Å². The van der Waals surface area contributed by atoms with E-state index in [0.717, 1.165) is 31.5 Å². The zero-order valence-corrected chi connectivity index (χ0v) is 15.7. The molecule has 3 rings (SSSR count). The molecule has 1 aliphatic heterocycles. The van der Waals surface area contributed by atoms with Gasteiger partial charge in [0.15, 0.2) is 0 Å². The van der Waals surface area contributed by atoms with E-state index in [0.29, 0.717) is 30.1 Å². The van der Waals surface area contributed by atoms with Crippen LogP contribution in [0.15, 0.2) is 42.5 Å². The van der Waals surface area contributed by atoms with E-state index in [1.54, 1.807) is 12.1 Å². The van der Waals surface area contributed by atoms with Crippen molar-refractivity contribution in [2.24, 2.45) is 0 Å². The highest BCUT2D eigenvalue weighted by atomic mass is 19.1. The van der Waals surface area contributed by atoms with E-state index in [1.165, 1.54) is 6.07 Å². The molecule has 1 saturated heterocycles. The van der Waals surface area contributed by atoms with E-state index in [-0.39, 0.29) is 18.5 Å². The van der Waals surface area contributed by atoms with E-state index in [2.05, 4.69) is 16.6 Å². The number of nitrogens with one attached hydrogen (secondary N) is 2. The summed E-state index contributed by atoms with van der Waals surface area (Å²) >= 11 is 0. The van der Waals surface area contributed by atoms with Gasteiger partial charge in [0.2, 0.25) is 0 Å². The number of carbonyl (C=O) groups excluding carboxylic acids is 1. The standard InChI is InChI=1S/C22H24FN3O2/c1-2-15-28-19-8-5-17(6-9-19)11-12-24-22(27)25-18-7-10-21(20(23)16-18)26-13-3-4-14-26/h1,5-10,16H,3-4,11-15H2,(H2,24,25,27). The summed E-state index contributed by atoms with van der Waals surface area (Å²) in [5.74, 6) is 2.82. The Kier molecular flexibility index (Phi) is 6.74. The molecule has 1 fully saturated rings. The quantitative estimate of drug-likeness (QED) is 0.718. The first-order valence-corrected chi connectivity index (χ1v) is 9.40. The molecule has 2 aromatic rings. The minimum absolute atomic E-state index is 0.237. The van der Waals surface area contributed by atoms with Crippen molar-refractivity contribution in [1.82, 2.24) is 5.32 Å². The molecule has 0 atom stereocenters. The zero-order valence-electron chi connectivity index (χ0n) is 15.7. The van der Waals surface area contributed by atoms with Crippen LogP contribution in [-0.4, -0.2) is 32.3 Å². The minimum Gasteiger partial charge on any atom is -0.481 e. The first-order chi connectivity index (χ1) is 13.7. The Morgan fingerprint density at radius 1 is 1.18 bits per heavy atom. The molecule has 0 aromatic heterocycles. The van der Waals surface area contributed by atoms with Gasteiger partial charge < -0.3 is 20.3 Å². The Morgan fingerprint density at radius 3 is 2.61 bits per heavy atom. The molecule has 0 saturated carbocycles. The Labute approximate surface area is 164 Å². The van der Waals surface area contributed by atoms with E-state index < -0.39 is 0 Å². The molecule has 2 aromatic carbocycles. The van der Waals surface area contributed by atoms with Gasteiger partial charge in [0.25, 0.3) is 0 Å². The first-order valence-electron chi connectivity index (χ1n) is 9.40. The van der Waals surface area contributed by atoms with Crippen molar-refractivity contribution < 1.29 is 13.9 Å². The fraction of sp³-hybridized carbons (Fsp3) is 0.318. The molecular weight excluding hydrogens is 357 g/mol. The van der Waals surface area contributed by atoms with Crippen LogP contribution >= 0.6 is 0 Å². The molecule has 28 heavy (non-hydrogen) atoms. The summed E-state index contributed by atoms with van der Waals surface area (Å²) < 4.78 is 19.6. The largest absolute Gasteiger partial charge is 0.481 e. The van der Waals surface area contributed by atoms with Crippen molar-refractivity contribution in [2.75, 3.05) is 36.5 Å². The van der Waals surface area contributed by atoms with E-state index in [4.69, 9.17) is 11.2 Å². The van der Waals surface area contributed by atoms with Crippen LogP contribution in [0, 0.1) is 18.2 Å². The maximum Gasteiger partial charge on any atom is 0.319 e. The summed E-state index contributed by atoms with van der Waals surface area (Å²) in [7, 11) is 0. The first kappa shape index (κ1) is 19.6. The summed E-state index contributed by atoms with van der Waals surface area (Å²) in [4.78, 5) is 14.1. The Morgan fingerprint density at radius 2 is 1.93 bits per heavy atom. The van der Waals surface area contributed by atoms with Gasteiger partial charge in [0.1, 0.15) is 18.2 Å². The van der Waals surface area contributed by atoms with Crippen LogP contribution in [0.5, 0.6) is 5.75 Å². The number of terminal acetylenes is 1. The number of halogens is 1. The predicted octanol–water partition coefficient (Wildman–Crippen LogP) is 3.80. The number of carbonyl (C=O) groups is 1. The van der Waals surface area contributed by atoms with Crippen LogP contribution < -0.4 is 20.3 Å². The van der Waals surface area contributed by atoms with Gasteiger partial charge in [0.05, 0.1) is 5.69 Å². The lowest BCUT2D eigenvalue weighted by atomic mass is 10.1. The minimum atomic E-state index is -0.359. The highest BCUT2D eigenvalue weighted by molar-refractivity contribution is 5.89. The second-order valence-electron chi connectivity index (χ2n) is 6.63. The smallest absolute Gasteiger partial charge is 0.319 e. The molecule has 0 aliphatic carbocycles. The van der Waals surface area contributed by atoms with Gasteiger partial charge >= 0.3 is 6.03 Å². The number of nitrogens with zero attached hydrogens (tertiary/aromatic N) is 1. The average molecular weight is 381 g/mol. The highest BCUT2D eigenvalue weighted by Crippen LogP contribution is 2.26. The number of rotatable bonds is 7. The average Bonchev–Trinajstić information content (AvgIpc) is 3.22. The van der Waals surface area contributed by atoms with Crippen molar-refractivity contribution in [2.45, 2.75) is 19.3 Å². The molecule has 6 heteroatoms. The predicted molar refractivity (Wildman–Crippen MR) is 109 cm³/mol. The maximum absolute atomic E-state index is 14.3. The van der Waals surface area contributed by atoms with Gasteiger partial charge in [-0.3, -0.25) is 0 Å². The topological polar surface area (TPSA) is 53.6 Å². The number of benzene rings is 2. The van der Waals surface area contributed by atoms with Gasteiger partial charge in [-0.15, -0.1) is 6.42 Å². The van der Waals surface area contributed by atoms with Crippen LogP contribution in [0.2, 0.25) is 0 Å². The molecule has 1 heterocycles. The Balaban J connectivity index is 1.44. The number of hydrogen-bond acceptors (Lipinski definition) is 3. The lowest BCUT2D eigenvalue weighted by Gasteiger charge is -2.19. The monoisotopic (exact) mass is 381 g/mol. The summed E-state index contributed by atoms with van der Waals surface area (Å²) in [5.41, 5.74) is 2.10. The zero-order chi connectivity index (χ0) is 19.8. The van der Waals surface area contributed by atoms with Gasteiger partial charge in [-0.1, -0.05) is 18.1 Å². The lowest BCUT2D eigenvalue weighted by Crippen LogP contribution is -2.30. The molecule has 0 spiro atoms. The second-order valence-corrected chi connectivity index (χ2v) is 6.63. The number of ether oxygens (including phenoxy) is 1. The van der Waals surface area contributed by atoms with Gasteiger partial charge in [-0.2, -0.15) is 0 Å². The molecule has 146 valence electrons. The van der Waals surface area contributed by atoms with E-state index in [1.807, 2.05) is 29.2 Å². The fourth-order valence-electron chi connectivity index (χ4n) is 3.17. The van der Waals surface area contributed by atoms with Crippen molar-refractivity contribution >= 4 is 17.4 Å². The molecule has 0 bridgehead atoms. The highest BCUT2D eigenvalue weighted by Gasteiger charge is 2.16. The number of amides is 2. The Bertz CT molecular complexity index is 840. The van der Waals surface area contributed by atoms with E-state index >= 15 is 0 Å². The molecule has 2 amide bonds. The Hall–Kier alpha value is -3.20. The molecular formula is C22H24FN3O2. The normalized spacial score (nSPS) is 13.1. The van der Waals surface area contributed by atoms with Crippen molar-refractivity contribution in [1.29, 1.82) is 0 Å². The number of anilines is 2. The van der Waals surface area contributed by atoms with Crippen LogP contribution in [-0.2, 0) is 6.42 Å². The maximum atomic E-state index is 14.3. The summed E-state index contributed by atoms with van der Waals surface area (Å²) in [5, 5.41) is 5.45. The second kappa shape index (κ2) is 9.65. The SMILES string of the molecule is C#CCOc1ccc(CCNC(=O)Nc2ccc(N3CCCC3)c(F)c2)cc1. The van der Waals surface area contributed by atoms with Crippen molar-refractivity contribution in [3.05, 3.63) is 53.8 Å². The summed E-state index contributed by atoms with van der Waals surface area (Å²) in [6.45, 7) is 2.45. The lowest BCUT2D eigenvalue weighted by molar-refractivity contribution is 0.252. The van der Waals surface area contributed by atoms with E-state index in [9.17, 15) is 9.18 Å². The fourth-order valence-corrected chi connectivity index (χ4v) is 3.17. The van der Waals surface area contributed by atoms with Gasteiger partial charge in [-0.25, -0.2) is 9.18 Å². The third kappa shape index (κ3) is 5.40. The molecule has 5 nitrogen and oxygen atoms in total. The summed E-state index contributed by atoms with van der Waals surface area (Å²) in [6, 6.07) is 12.0.